The zero-order valence-electron chi connectivity index (χ0n) is 13.2. The van der Waals surface area contributed by atoms with Gasteiger partial charge < -0.3 is 9.88 Å². The highest BCUT2D eigenvalue weighted by atomic mass is 32.2. The molecule has 2 rings (SSSR count). The van der Waals surface area contributed by atoms with Crippen LogP contribution in [0.2, 0.25) is 0 Å². The Labute approximate surface area is 127 Å². The molecule has 1 aliphatic rings. The van der Waals surface area contributed by atoms with Crippen molar-refractivity contribution in [3.8, 4) is 0 Å². The van der Waals surface area contributed by atoms with Gasteiger partial charge in [-0.2, -0.15) is 4.31 Å². The predicted molar refractivity (Wildman–Crippen MR) is 82.6 cm³/mol. The van der Waals surface area contributed by atoms with Gasteiger partial charge in [0, 0.05) is 26.3 Å². The van der Waals surface area contributed by atoms with Crippen LogP contribution in [0.3, 0.4) is 0 Å². The number of nitrogens with zero attached hydrogens (tertiary/aromatic N) is 3. The standard InChI is InChI=1S/C14H26N4O2S/c1-4-9-18(10-13-5-7-15-8-6-13)21(19,20)14-11-17(3)12(2)16-14/h11,13,15H,4-10H2,1-3H3. The van der Waals surface area contributed by atoms with E-state index in [0.717, 1.165) is 32.4 Å². The SMILES string of the molecule is CCCN(CC1CCNCC1)S(=O)(=O)c1cn(C)c(C)n1. The third-order valence-electron chi connectivity index (χ3n) is 4.08. The molecule has 0 saturated carbocycles. The van der Waals surface area contributed by atoms with Crippen molar-refractivity contribution in [2.45, 2.75) is 38.1 Å². The molecule has 0 atom stereocenters. The molecule has 0 aromatic carbocycles. The van der Waals surface area contributed by atoms with Crippen LogP contribution in [0, 0.1) is 12.8 Å². The normalized spacial score (nSPS) is 17.5. The lowest BCUT2D eigenvalue weighted by Crippen LogP contribution is -2.39. The summed E-state index contributed by atoms with van der Waals surface area (Å²) in [4.78, 5) is 4.20. The molecule has 1 saturated heterocycles. The molecule has 0 unspecified atom stereocenters. The van der Waals surface area contributed by atoms with Crippen molar-refractivity contribution in [1.82, 2.24) is 19.2 Å². The van der Waals surface area contributed by atoms with E-state index in [2.05, 4.69) is 10.3 Å². The Kier molecular flexibility index (Phi) is 5.40. The number of rotatable bonds is 6. The molecule has 6 nitrogen and oxygen atoms in total. The van der Waals surface area contributed by atoms with Crippen molar-refractivity contribution in [1.29, 1.82) is 0 Å². The maximum atomic E-state index is 12.8. The van der Waals surface area contributed by atoms with E-state index in [1.54, 1.807) is 15.1 Å². The lowest BCUT2D eigenvalue weighted by Gasteiger charge is -2.28. The Morgan fingerprint density at radius 3 is 2.62 bits per heavy atom. The first-order chi connectivity index (χ1) is 9.95. The van der Waals surface area contributed by atoms with Crippen LogP contribution < -0.4 is 5.32 Å². The number of piperidine rings is 1. The largest absolute Gasteiger partial charge is 0.337 e. The molecule has 1 aliphatic heterocycles. The van der Waals surface area contributed by atoms with Crippen molar-refractivity contribution in [2.75, 3.05) is 26.2 Å². The average Bonchev–Trinajstić information content (AvgIpc) is 2.80. The highest BCUT2D eigenvalue weighted by molar-refractivity contribution is 7.89. The molecular weight excluding hydrogens is 288 g/mol. The average molecular weight is 314 g/mol. The summed E-state index contributed by atoms with van der Waals surface area (Å²) in [5.74, 6) is 1.16. The van der Waals surface area contributed by atoms with Crippen LogP contribution >= 0.6 is 0 Å². The molecule has 1 N–H and O–H groups in total. The number of sulfonamides is 1. The fraction of sp³-hybridized carbons (Fsp3) is 0.786. The Morgan fingerprint density at radius 2 is 2.10 bits per heavy atom. The van der Waals surface area contributed by atoms with E-state index in [9.17, 15) is 8.42 Å². The molecule has 21 heavy (non-hydrogen) atoms. The van der Waals surface area contributed by atoms with Crippen LogP contribution in [-0.2, 0) is 17.1 Å². The maximum Gasteiger partial charge on any atom is 0.262 e. The number of imidazole rings is 1. The Bertz CT molecular complexity index is 542. The summed E-state index contributed by atoms with van der Waals surface area (Å²) in [6.45, 7) is 6.95. The minimum atomic E-state index is -3.48. The molecule has 1 aromatic heterocycles. The quantitative estimate of drug-likeness (QED) is 0.855. The number of aromatic nitrogens is 2. The second-order valence-corrected chi connectivity index (χ2v) is 7.68. The Morgan fingerprint density at radius 1 is 1.43 bits per heavy atom. The minimum absolute atomic E-state index is 0.171. The fourth-order valence-corrected chi connectivity index (χ4v) is 4.33. The van der Waals surface area contributed by atoms with Gasteiger partial charge in [0.1, 0.15) is 5.82 Å². The Balaban J connectivity index is 2.18. The molecule has 0 bridgehead atoms. The molecule has 0 radical (unpaired) electrons. The van der Waals surface area contributed by atoms with Crippen LogP contribution in [0.25, 0.3) is 0 Å². The summed E-state index contributed by atoms with van der Waals surface area (Å²) < 4.78 is 29.0. The molecular formula is C14H26N4O2S. The Hall–Kier alpha value is -0.920. The second kappa shape index (κ2) is 6.89. The molecule has 2 heterocycles. The van der Waals surface area contributed by atoms with Gasteiger partial charge in [0.2, 0.25) is 0 Å². The summed E-state index contributed by atoms with van der Waals surface area (Å²) >= 11 is 0. The van der Waals surface area contributed by atoms with Crippen molar-refractivity contribution >= 4 is 10.0 Å². The molecule has 120 valence electrons. The van der Waals surface area contributed by atoms with Gasteiger partial charge in [0.25, 0.3) is 10.0 Å². The van der Waals surface area contributed by atoms with E-state index in [-0.39, 0.29) is 5.03 Å². The maximum absolute atomic E-state index is 12.8. The van der Waals surface area contributed by atoms with E-state index < -0.39 is 10.0 Å². The summed E-state index contributed by atoms with van der Waals surface area (Å²) in [7, 11) is -1.67. The highest BCUT2D eigenvalue weighted by Gasteiger charge is 2.29. The molecule has 7 heteroatoms. The van der Waals surface area contributed by atoms with Crippen molar-refractivity contribution in [3.05, 3.63) is 12.0 Å². The highest BCUT2D eigenvalue weighted by Crippen LogP contribution is 2.20. The van der Waals surface area contributed by atoms with Crippen molar-refractivity contribution in [2.24, 2.45) is 13.0 Å². The van der Waals surface area contributed by atoms with E-state index in [1.807, 2.05) is 20.9 Å². The second-order valence-electron chi connectivity index (χ2n) is 5.79. The van der Waals surface area contributed by atoms with Crippen LogP contribution in [-0.4, -0.2) is 48.5 Å². The third kappa shape index (κ3) is 3.84. The van der Waals surface area contributed by atoms with E-state index >= 15 is 0 Å². The third-order valence-corrected chi connectivity index (χ3v) is 5.82. The molecule has 0 spiro atoms. The zero-order chi connectivity index (χ0) is 15.5. The molecule has 1 aromatic rings. The van der Waals surface area contributed by atoms with Crippen LogP contribution in [0.5, 0.6) is 0 Å². The minimum Gasteiger partial charge on any atom is -0.337 e. The smallest absolute Gasteiger partial charge is 0.262 e. The van der Waals surface area contributed by atoms with E-state index in [4.69, 9.17) is 0 Å². The van der Waals surface area contributed by atoms with E-state index in [1.165, 1.54) is 0 Å². The summed E-state index contributed by atoms with van der Waals surface area (Å²) in [6, 6.07) is 0. The summed E-state index contributed by atoms with van der Waals surface area (Å²) in [5.41, 5.74) is 0. The summed E-state index contributed by atoms with van der Waals surface area (Å²) in [6.07, 6.45) is 4.50. The first-order valence-electron chi connectivity index (χ1n) is 7.66. The molecule has 0 aliphatic carbocycles. The van der Waals surface area contributed by atoms with Crippen LogP contribution in [0.4, 0.5) is 0 Å². The van der Waals surface area contributed by atoms with Gasteiger partial charge in [0.15, 0.2) is 5.03 Å². The van der Waals surface area contributed by atoms with Gasteiger partial charge in [-0.15, -0.1) is 0 Å². The zero-order valence-corrected chi connectivity index (χ0v) is 14.0. The number of nitrogens with one attached hydrogen (secondary N) is 1. The van der Waals surface area contributed by atoms with Gasteiger partial charge in [-0.05, 0) is 45.2 Å². The van der Waals surface area contributed by atoms with Crippen molar-refractivity contribution in [3.63, 3.8) is 0 Å². The van der Waals surface area contributed by atoms with Crippen LogP contribution in [0.15, 0.2) is 11.2 Å². The van der Waals surface area contributed by atoms with Gasteiger partial charge in [-0.1, -0.05) is 6.92 Å². The van der Waals surface area contributed by atoms with Crippen molar-refractivity contribution < 1.29 is 8.42 Å². The first-order valence-corrected chi connectivity index (χ1v) is 9.10. The number of hydrogen-bond acceptors (Lipinski definition) is 4. The van der Waals surface area contributed by atoms with E-state index in [0.29, 0.717) is 24.8 Å². The van der Waals surface area contributed by atoms with Gasteiger partial charge in [0.05, 0.1) is 0 Å². The first kappa shape index (κ1) is 16.5. The number of hydrogen-bond donors (Lipinski definition) is 1. The van der Waals surface area contributed by atoms with Gasteiger partial charge in [-0.25, -0.2) is 13.4 Å². The topological polar surface area (TPSA) is 67.2 Å². The predicted octanol–water partition coefficient (Wildman–Crippen LogP) is 1.13. The van der Waals surface area contributed by atoms with Gasteiger partial charge in [-0.3, -0.25) is 0 Å². The fourth-order valence-electron chi connectivity index (χ4n) is 2.69. The molecule has 0 amide bonds. The lowest BCUT2D eigenvalue weighted by atomic mass is 9.98. The number of aryl methyl sites for hydroxylation is 2. The van der Waals surface area contributed by atoms with Gasteiger partial charge >= 0.3 is 0 Å². The monoisotopic (exact) mass is 314 g/mol. The van der Waals surface area contributed by atoms with Crippen LogP contribution in [0.1, 0.15) is 32.0 Å². The molecule has 1 fully saturated rings. The summed E-state index contributed by atoms with van der Waals surface area (Å²) in [5, 5.41) is 3.49. The lowest BCUT2D eigenvalue weighted by molar-refractivity contribution is 0.287.